The fourth-order valence-electron chi connectivity index (χ4n) is 1.58. The van der Waals surface area contributed by atoms with Gasteiger partial charge in [0.05, 0.1) is 0 Å². The van der Waals surface area contributed by atoms with E-state index in [1.54, 1.807) is 0 Å². The Balaban J connectivity index is 2.65. The molecule has 0 fully saturated rings. The van der Waals surface area contributed by atoms with Gasteiger partial charge in [0.2, 0.25) is 0 Å². The van der Waals surface area contributed by atoms with Gasteiger partial charge in [-0.1, -0.05) is 40.2 Å². The molecule has 72 valence electrons. The number of H-pyrrole nitrogens is 1. The zero-order chi connectivity index (χ0) is 9.97. The van der Waals surface area contributed by atoms with Crippen molar-refractivity contribution in [2.75, 3.05) is 5.33 Å². The molecule has 1 N–H and O–H groups in total. The van der Waals surface area contributed by atoms with Gasteiger partial charge in [-0.15, -0.1) is 0 Å². The minimum atomic E-state index is 0.0330. The summed E-state index contributed by atoms with van der Waals surface area (Å²) >= 11 is 3.35. The minimum Gasteiger partial charge on any atom is -0.322 e. The van der Waals surface area contributed by atoms with Crippen LogP contribution in [0.25, 0.3) is 11.3 Å². The van der Waals surface area contributed by atoms with E-state index in [0.717, 1.165) is 28.6 Å². The highest BCUT2D eigenvalue weighted by Crippen LogP contribution is 2.20. The number of alkyl halides is 1. The maximum Gasteiger partial charge on any atom is 0.252 e. The second-order valence-corrected chi connectivity index (χ2v) is 3.90. The monoisotopic (exact) mass is 251 g/mol. The van der Waals surface area contributed by atoms with E-state index >= 15 is 0 Å². The van der Waals surface area contributed by atoms with E-state index in [0.29, 0.717) is 0 Å². The average molecular weight is 252 g/mol. The molecule has 0 bridgehead atoms. The van der Waals surface area contributed by atoms with Gasteiger partial charge >= 0.3 is 0 Å². The zero-order valence-corrected chi connectivity index (χ0v) is 9.17. The summed E-state index contributed by atoms with van der Waals surface area (Å²) in [7, 11) is 0. The number of rotatable bonds is 2. The largest absolute Gasteiger partial charge is 0.322 e. The van der Waals surface area contributed by atoms with Gasteiger partial charge in [-0.05, 0) is 12.5 Å². The molecule has 0 amide bonds. The maximum atomic E-state index is 11.6. The number of hydrogen-bond donors (Lipinski definition) is 1. The molecule has 0 spiro atoms. The molecular weight excluding hydrogens is 242 g/mol. The smallest absolute Gasteiger partial charge is 0.252 e. The molecule has 1 aliphatic heterocycles. The highest BCUT2D eigenvalue weighted by Gasteiger charge is 2.11. The lowest BCUT2D eigenvalue weighted by atomic mass is 10.1. The van der Waals surface area contributed by atoms with Crippen LogP contribution in [0.4, 0.5) is 0 Å². The summed E-state index contributed by atoms with van der Waals surface area (Å²) in [5, 5.41) is 0.813. The van der Waals surface area contributed by atoms with Crippen molar-refractivity contribution in [2.45, 2.75) is 6.42 Å². The first-order chi connectivity index (χ1) is 6.83. The van der Waals surface area contributed by atoms with Crippen LogP contribution in [-0.4, -0.2) is 10.3 Å². The zero-order valence-electron chi connectivity index (χ0n) is 7.59. The standard InChI is InChI=1S/C11H10BrNO/c12-7-6-9-8-4-2-1-3-5-10(8)13-11(9)14/h1-5H,6-7H2,(H,13,14). The predicted octanol–water partition coefficient (Wildman–Crippen LogP) is 2.42. The number of aromatic amines is 1. The second-order valence-electron chi connectivity index (χ2n) is 3.11. The molecule has 0 saturated carbocycles. The molecule has 0 aromatic rings. The molecule has 3 heteroatoms. The molecule has 14 heavy (non-hydrogen) atoms. The van der Waals surface area contributed by atoms with E-state index < -0.39 is 0 Å². The molecule has 0 aromatic carbocycles. The number of nitrogens with one attached hydrogen (secondary N) is 1. The van der Waals surface area contributed by atoms with Crippen LogP contribution >= 0.6 is 15.9 Å². The van der Waals surface area contributed by atoms with E-state index in [1.165, 1.54) is 0 Å². The van der Waals surface area contributed by atoms with Crippen molar-refractivity contribution in [3.8, 4) is 11.3 Å². The molecule has 0 unspecified atom stereocenters. The van der Waals surface area contributed by atoms with E-state index in [9.17, 15) is 4.79 Å². The third-order valence-electron chi connectivity index (χ3n) is 2.23. The van der Waals surface area contributed by atoms with Crippen LogP contribution in [0.3, 0.4) is 0 Å². The molecule has 2 rings (SSSR count). The van der Waals surface area contributed by atoms with Gasteiger partial charge in [-0.3, -0.25) is 4.79 Å². The van der Waals surface area contributed by atoms with Crippen LogP contribution < -0.4 is 5.56 Å². The number of fused-ring (bicyclic) bond motifs is 1. The Kier molecular flexibility index (Phi) is 2.68. The van der Waals surface area contributed by atoms with Crippen LogP contribution in [0.1, 0.15) is 5.56 Å². The van der Waals surface area contributed by atoms with Gasteiger partial charge in [0.25, 0.3) is 5.56 Å². The lowest BCUT2D eigenvalue weighted by molar-refractivity contribution is 1.14. The summed E-state index contributed by atoms with van der Waals surface area (Å²) < 4.78 is 0. The predicted molar refractivity (Wildman–Crippen MR) is 61.2 cm³/mol. The Labute approximate surface area is 90.4 Å². The highest BCUT2D eigenvalue weighted by atomic mass is 79.9. The third kappa shape index (κ3) is 1.60. The van der Waals surface area contributed by atoms with Crippen molar-refractivity contribution in [1.29, 1.82) is 0 Å². The van der Waals surface area contributed by atoms with Gasteiger partial charge in [-0.25, -0.2) is 0 Å². The normalized spacial score (nSPS) is 10.6. The quantitative estimate of drug-likeness (QED) is 0.818. The topological polar surface area (TPSA) is 32.9 Å². The first kappa shape index (κ1) is 9.46. The van der Waals surface area contributed by atoms with Gasteiger partial charge in [0.1, 0.15) is 0 Å². The van der Waals surface area contributed by atoms with Crippen LogP contribution in [-0.2, 0) is 6.42 Å². The summed E-state index contributed by atoms with van der Waals surface area (Å²) in [5.74, 6) is 0. The van der Waals surface area contributed by atoms with Crippen LogP contribution in [0.5, 0.6) is 0 Å². The fraction of sp³-hybridized carbons (Fsp3) is 0.182. The maximum absolute atomic E-state index is 11.6. The Morgan fingerprint density at radius 2 is 2.00 bits per heavy atom. The molecule has 1 heterocycles. The molecule has 0 radical (unpaired) electrons. The summed E-state index contributed by atoms with van der Waals surface area (Å²) in [6, 6.07) is 9.74. The first-order valence-corrected chi connectivity index (χ1v) is 5.61. The molecule has 2 nitrogen and oxygen atoms in total. The second kappa shape index (κ2) is 3.96. The van der Waals surface area contributed by atoms with E-state index in [-0.39, 0.29) is 5.56 Å². The Hall–Kier alpha value is -1.09. The van der Waals surface area contributed by atoms with Crippen molar-refractivity contribution < 1.29 is 0 Å². The molecule has 1 aliphatic carbocycles. The van der Waals surface area contributed by atoms with Gasteiger partial charge in [-0.2, -0.15) is 0 Å². The highest BCUT2D eigenvalue weighted by molar-refractivity contribution is 9.09. The molecule has 2 aliphatic rings. The average Bonchev–Trinajstić information content (AvgIpc) is 2.39. The Morgan fingerprint density at radius 3 is 2.79 bits per heavy atom. The SMILES string of the molecule is O=c1[nH]c2cccccc-2c1CCBr. The lowest BCUT2D eigenvalue weighted by Crippen LogP contribution is -2.05. The molecule has 0 saturated heterocycles. The third-order valence-corrected chi connectivity index (χ3v) is 2.63. The summed E-state index contributed by atoms with van der Waals surface area (Å²) in [4.78, 5) is 14.4. The first-order valence-electron chi connectivity index (χ1n) is 4.49. The van der Waals surface area contributed by atoms with Gasteiger partial charge in [0.15, 0.2) is 0 Å². The minimum absolute atomic E-state index is 0.0330. The number of halogens is 1. The lowest BCUT2D eigenvalue weighted by Gasteiger charge is -1.94. The molecular formula is C11H10BrNO. The summed E-state index contributed by atoms with van der Waals surface area (Å²) in [6.45, 7) is 0. The van der Waals surface area contributed by atoms with Crippen molar-refractivity contribution in [1.82, 2.24) is 4.98 Å². The van der Waals surface area contributed by atoms with Crippen LogP contribution in [0, 0.1) is 0 Å². The summed E-state index contributed by atoms with van der Waals surface area (Å²) in [5.41, 5.74) is 2.84. The van der Waals surface area contributed by atoms with Gasteiger partial charge in [0, 0.05) is 22.2 Å². The number of aromatic nitrogens is 1. The van der Waals surface area contributed by atoms with E-state index in [1.807, 2.05) is 30.3 Å². The Morgan fingerprint density at radius 1 is 1.21 bits per heavy atom. The van der Waals surface area contributed by atoms with Crippen LogP contribution in [0.15, 0.2) is 35.1 Å². The van der Waals surface area contributed by atoms with Crippen molar-refractivity contribution >= 4 is 15.9 Å². The summed E-state index contributed by atoms with van der Waals surface area (Å²) in [6.07, 6.45) is 0.767. The molecule has 0 atom stereocenters. The van der Waals surface area contributed by atoms with E-state index in [2.05, 4.69) is 20.9 Å². The van der Waals surface area contributed by atoms with E-state index in [4.69, 9.17) is 0 Å². The van der Waals surface area contributed by atoms with Crippen molar-refractivity contribution in [3.05, 3.63) is 46.2 Å². The molecule has 0 aromatic heterocycles. The van der Waals surface area contributed by atoms with Crippen molar-refractivity contribution in [2.24, 2.45) is 0 Å². The Bertz CT molecular complexity index is 463. The van der Waals surface area contributed by atoms with Gasteiger partial charge < -0.3 is 4.98 Å². The van der Waals surface area contributed by atoms with Crippen LogP contribution in [0.2, 0.25) is 0 Å². The number of hydrogen-bond acceptors (Lipinski definition) is 1. The fourth-order valence-corrected chi connectivity index (χ4v) is 1.98. The van der Waals surface area contributed by atoms with Crippen molar-refractivity contribution in [3.63, 3.8) is 0 Å².